The van der Waals surface area contributed by atoms with Gasteiger partial charge in [0, 0.05) is 36.6 Å². The van der Waals surface area contributed by atoms with E-state index in [1.165, 1.54) is 12.1 Å². The number of para-hydroxylation sites is 1. The first-order valence-corrected chi connectivity index (χ1v) is 16.7. The van der Waals surface area contributed by atoms with Gasteiger partial charge < -0.3 is 25.0 Å². The molecule has 9 heteroatoms. The number of aliphatic hydroxyl groups is 1. The zero-order chi connectivity index (χ0) is 35.0. The van der Waals surface area contributed by atoms with E-state index in [9.17, 15) is 23.9 Å². The van der Waals surface area contributed by atoms with Crippen LogP contribution < -0.4 is 5.32 Å². The Morgan fingerprint density at radius 2 is 1.65 bits per heavy atom. The molecule has 0 aliphatic carbocycles. The molecular formula is C40H46FN3O5. The highest BCUT2D eigenvalue weighted by molar-refractivity contribution is 5.86. The molecule has 1 aromatic heterocycles. The zero-order valence-electron chi connectivity index (χ0n) is 27.9. The van der Waals surface area contributed by atoms with E-state index in [-0.39, 0.29) is 50.2 Å². The molecule has 0 unspecified atom stereocenters. The first-order chi connectivity index (χ1) is 23.8. The number of nitrogens with one attached hydrogen (secondary N) is 2. The van der Waals surface area contributed by atoms with Gasteiger partial charge >= 0.3 is 5.97 Å². The van der Waals surface area contributed by atoms with Crippen LogP contribution in [0, 0.1) is 17.7 Å². The van der Waals surface area contributed by atoms with Crippen LogP contribution in [0.15, 0.2) is 110 Å². The number of benzene rings is 3. The van der Waals surface area contributed by atoms with Crippen LogP contribution in [0.2, 0.25) is 0 Å². The fourth-order valence-corrected chi connectivity index (χ4v) is 5.91. The number of aromatic nitrogens is 1. The van der Waals surface area contributed by atoms with Crippen molar-refractivity contribution in [3.05, 3.63) is 133 Å². The fourth-order valence-electron chi connectivity index (χ4n) is 5.91. The number of allylic oxidation sites excluding steroid dienone is 2. The molecule has 49 heavy (non-hydrogen) atoms. The molecule has 4 rings (SSSR count). The van der Waals surface area contributed by atoms with Crippen molar-refractivity contribution in [2.24, 2.45) is 11.8 Å². The molecule has 0 aliphatic rings. The number of ether oxygens (including phenoxy) is 1. The summed E-state index contributed by atoms with van der Waals surface area (Å²) in [5.74, 6) is -2.58. The normalized spacial score (nSPS) is 12.9. The van der Waals surface area contributed by atoms with Crippen molar-refractivity contribution in [1.29, 1.82) is 0 Å². The fraction of sp³-hybridized carbons (Fsp3) is 0.325. The van der Waals surface area contributed by atoms with Crippen molar-refractivity contribution < 1.29 is 28.6 Å². The van der Waals surface area contributed by atoms with Crippen molar-refractivity contribution in [3.63, 3.8) is 0 Å². The van der Waals surface area contributed by atoms with Gasteiger partial charge in [0.15, 0.2) is 0 Å². The number of rotatable bonds is 20. The van der Waals surface area contributed by atoms with E-state index in [0.717, 1.165) is 27.6 Å². The molecule has 8 nitrogen and oxygen atoms in total. The summed E-state index contributed by atoms with van der Waals surface area (Å²) in [6.07, 6.45) is 7.28. The Morgan fingerprint density at radius 3 is 2.37 bits per heavy atom. The lowest BCUT2D eigenvalue weighted by Gasteiger charge is -2.26. The number of hydrogen-bond donors (Lipinski definition) is 3. The highest BCUT2D eigenvalue weighted by atomic mass is 19.1. The van der Waals surface area contributed by atoms with Gasteiger partial charge in [0.05, 0.1) is 24.5 Å². The Bertz CT molecular complexity index is 1670. The van der Waals surface area contributed by atoms with Gasteiger partial charge in [0.2, 0.25) is 11.8 Å². The minimum absolute atomic E-state index is 0.0778. The maximum absolute atomic E-state index is 13.8. The average Bonchev–Trinajstić information content (AvgIpc) is 3.52. The molecule has 4 aromatic rings. The van der Waals surface area contributed by atoms with Gasteiger partial charge in [-0.05, 0) is 67.0 Å². The zero-order valence-corrected chi connectivity index (χ0v) is 27.9. The number of amides is 2. The minimum Gasteiger partial charge on any atom is -0.463 e. The summed E-state index contributed by atoms with van der Waals surface area (Å²) >= 11 is 0. The topological polar surface area (TPSA) is 112 Å². The highest BCUT2D eigenvalue weighted by Crippen LogP contribution is 2.22. The van der Waals surface area contributed by atoms with Crippen LogP contribution >= 0.6 is 0 Å². The van der Waals surface area contributed by atoms with E-state index in [0.29, 0.717) is 32.2 Å². The summed E-state index contributed by atoms with van der Waals surface area (Å²) in [6.45, 7) is 7.75. The number of esters is 1. The van der Waals surface area contributed by atoms with Crippen LogP contribution in [0.25, 0.3) is 10.9 Å². The molecule has 3 atom stereocenters. The van der Waals surface area contributed by atoms with Gasteiger partial charge in [-0.25, -0.2) is 4.39 Å². The monoisotopic (exact) mass is 667 g/mol. The summed E-state index contributed by atoms with van der Waals surface area (Å²) in [5.41, 5.74) is 3.62. The molecule has 0 aliphatic heterocycles. The number of hydrogen-bond acceptors (Lipinski definition) is 5. The third kappa shape index (κ3) is 11.3. The SMILES string of the molecule is C=CCC[C@H](Cc1ccc(F)cc1)C(=O)OC[C@H](Cc1c[nH]c2ccccc12)NC(=O)[C@@H](CC=C)CC(=O)N(CCO)Cc1ccccc1. The molecule has 3 aromatic carbocycles. The third-order valence-electron chi connectivity index (χ3n) is 8.54. The maximum atomic E-state index is 13.8. The Labute approximate surface area is 287 Å². The number of aliphatic hydroxyl groups excluding tert-OH is 1. The predicted octanol–water partition coefficient (Wildman–Crippen LogP) is 6.31. The number of nitrogens with zero attached hydrogens (tertiary/aromatic N) is 1. The molecule has 0 bridgehead atoms. The smallest absolute Gasteiger partial charge is 0.309 e. The highest BCUT2D eigenvalue weighted by Gasteiger charge is 2.28. The quantitative estimate of drug-likeness (QED) is 0.0756. The molecule has 2 amide bonds. The van der Waals surface area contributed by atoms with Gasteiger partial charge in [-0.15, -0.1) is 13.2 Å². The first kappa shape index (κ1) is 36.8. The molecule has 1 heterocycles. The van der Waals surface area contributed by atoms with Gasteiger partial charge in [-0.1, -0.05) is 72.8 Å². The van der Waals surface area contributed by atoms with E-state index < -0.39 is 23.8 Å². The predicted molar refractivity (Wildman–Crippen MR) is 190 cm³/mol. The second-order valence-electron chi connectivity index (χ2n) is 12.2. The Kier molecular flexibility index (Phi) is 14.3. The molecule has 0 radical (unpaired) electrons. The first-order valence-electron chi connectivity index (χ1n) is 16.7. The van der Waals surface area contributed by atoms with Crippen molar-refractivity contribution in [3.8, 4) is 0 Å². The lowest BCUT2D eigenvalue weighted by Crippen LogP contribution is -2.45. The molecule has 3 N–H and O–H groups in total. The maximum Gasteiger partial charge on any atom is 0.309 e. The average molecular weight is 668 g/mol. The van der Waals surface area contributed by atoms with Gasteiger partial charge in [0.1, 0.15) is 12.4 Å². The summed E-state index contributed by atoms with van der Waals surface area (Å²) in [4.78, 5) is 45.6. The summed E-state index contributed by atoms with van der Waals surface area (Å²) in [7, 11) is 0. The molecule has 258 valence electrons. The van der Waals surface area contributed by atoms with E-state index in [2.05, 4.69) is 23.5 Å². The molecule has 0 saturated heterocycles. The number of aromatic amines is 1. The van der Waals surface area contributed by atoms with Gasteiger partial charge in [-0.2, -0.15) is 0 Å². The van der Waals surface area contributed by atoms with Gasteiger partial charge in [-0.3, -0.25) is 14.4 Å². The number of carbonyl (C=O) groups excluding carboxylic acids is 3. The van der Waals surface area contributed by atoms with Crippen LogP contribution in [0.1, 0.15) is 42.4 Å². The standard InChI is InChI=1S/C40H46FN3O5/c1-3-5-14-32(23-29-17-19-34(41)20-18-29)40(48)49-28-35(24-33-26-42-37-16-10-9-15-36(33)37)43-39(47)31(11-4-2)25-38(46)44(21-22-45)27-30-12-7-6-8-13-30/h3-4,6-10,12-13,15-20,26,31-32,35,42,45H,1-2,5,11,14,21-25,27-28H2,(H,43,47)/t31-,32+,35-/m0/s1. The van der Waals surface area contributed by atoms with Crippen molar-refractivity contribution >= 4 is 28.7 Å². The van der Waals surface area contributed by atoms with Crippen LogP contribution in [0.5, 0.6) is 0 Å². The second kappa shape index (κ2) is 19.1. The molecule has 0 fully saturated rings. The minimum atomic E-state index is -0.720. The summed E-state index contributed by atoms with van der Waals surface area (Å²) in [6, 6.07) is 22.8. The number of halogens is 1. The molecule has 0 saturated carbocycles. The lowest BCUT2D eigenvalue weighted by molar-refractivity contribution is -0.150. The van der Waals surface area contributed by atoms with Crippen LogP contribution in [0.4, 0.5) is 4.39 Å². The van der Waals surface area contributed by atoms with E-state index in [4.69, 9.17) is 4.74 Å². The van der Waals surface area contributed by atoms with Crippen LogP contribution in [-0.4, -0.2) is 58.6 Å². The third-order valence-corrected chi connectivity index (χ3v) is 8.54. The largest absolute Gasteiger partial charge is 0.463 e. The van der Waals surface area contributed by atoms with E-state index in [1.807, 2.05) is 60.8 Å². The molecule has 0 spiro atoms. The second-order valence-corrected chi connectivity index (χ2v) is 12.2. The number of H-pyrrole nitrogens is 1. The van der Waals surface area contributed by atoms with Crippen molar-refractivity contribution in [1.82, 2.24) is 15.2 Å². The van der Waals surface area contributed by atoms with Gasteiger partial charge in [0.25, 0.3) is 0 Å². The van der Waals surface area contributed by atoms with Crippen LogP contribution in [-0.2, 0) is 38.5 Å². The van der Waals surface area contributed by atoms with Crippen molar-refractivity contribution in [2.75, 3.05) is 19.8 Å². The number of fused-ring (bicyclic) bond motifs is 1. The van der Waals surface area contributed by atoms with Crippen molar-refractivity contribution in [2.45, 2.75) is 51.1 Å². The lowest BCUT2D eigenvalue weighted by atomic mass is 9.94. The number of carbonyl (C=O) groups is 3. The molecular weight excluding hydrogens is 621 g/mol. The Hall–Kier alpha value is -5.02. The summed E-state index contributed by atoms with van der Waals surface area (Å²) < 4.78 is 19.4. The Morgan fingerprint density at radius 1 is 0.918 bits per heavy atom. The van der Waals surface area contributed by atoms with E-state index in [1.54, 1.807) is 29.2 Å². The van der Waals surface area contributed by atoms with Crippen LogP contribution in [0.3, 0.4) is 0 Å². The Balaban J connectivity index is 1.50. The summed E-state index contributed by atoms with van der Waals surface area (Å²) in [5, 5.41) is 13.7. The van der Waals surface area contributed by atoms with E-state index >= 15 is 0 Å².